The molecule has 0 unspecified atom stereocenters. The van der Waals surface area contributed by atoms with Gasteiger partial charge in [-0.1, -0.05) is 161 Å². The lowest BCUT2D eigenvalue weighted by Gasteiger charge is -2.45. The van der Waals surface area contributed by atoms with Gasteiger partial charge < -0.3 is 4.90 Å². The molecule has 2 aliphatic rings. The molecule has 0 saturated heterocycles. The molecule has 0 N–H and O–H groups in total. The van der Waals surface area contributed by atoms with Crippen LogP contribution in [0.25, 0.3) is 33.4 Å². The molecule has 1 heterocycles. The summed E-state index contributed by atoms with van der Waals surface area (Å²) < 4.78 is 0. The second-order valence-corrected chi connectivity index (χ2v) is 14.3. The van der Waals surface area contributed by atoms with Crippen LogP contribution in [0.5, 0.6) is 0 Å². The van der Waals surface area contributed by atoms with Crippen LogP contribution < -0.4 is 4.90 Å². The van der Waals surface area contributed by atoms with E-state index in [2.05, 4.69) is 210 Å². The highest BCUT2D eigenvalue weighted by Crippen LogP contribution is 2.62. The average molecular weight is 648 g/mol. The van der Waals surface area contributed by atoms with Crippen molar-refractivity contribution in [2.24, 2.45) is 5.41 Å². The van der Waals surface area contributed by atoms with Crippen LogP contribution >= 0.6 is 0 Å². The fourth-order valence-electron chi connectivity index (χ4n) is 7.63. The molecule has 7 rings (SSSR count). The lowest BCUT2D eigenvalue weighted by Crippen LogP contribution is -2.39. The van der Waals surface area contributed by atoms with Gasteiger partial charge >= 0.3 is 0 Å². The molecule has 0 atom stereocenters. The Bertz CT molecular complexity index is 2140. The normalized spacial score (nSPS) is 14.9. The van der Waals surface area contributed by atoms with Crippen LogP contribution in [0, 0.1) is 5.41 Å². The summed E-state index contributed by atoms with van der Waals surface area (Å²) in [6, 6.07) is 44.5. The maximum Gasteiger partial charge on any atom is 0.0754 e. The van der Waals surface area contributed by atoms with Crippen molar-refractivity contribution in [3.63, 3.8) is 0 Å². The van der Waals surface area contributed by atoms with E-state index in [0.29, 0.717) is 0 Å². The van der Waals surface area contributed by atoms with Crippen molar-refractivity contribution >= 4 is 5.69 Å². The highest BCUT2D eigenvalue weighted by atomic mass is 15.2. The van der Waals surface area contributed by atoms with Gasteiger partial charge in [0.1, 0.15) is 0 Å². The Morgan fingerprint density at radius 2 is 1.10 bits per heavy atom. The summed E-state index contributed by atoms with van der Waals surface area (Å²) in [5.74, 6) is 0. The minimum atomic E-state index is -0.590. The molecule has 1 aliphatic heterocycles. The maximum atomic E-state index is 4.68. The van der Waals surface area contributed by atoms with Crippen molar-refractivity contribution in [3.8, 4) is 33.4 Å². The van der Waals surface area contributed by atoms with E-state index in [1.165, 1.54) is 55.6 Å². The van der Waals surface area contributed by atoms with Gasteiger partial charge in [0.05, 0.1) is 16.8 Å². The average Bonchev–Trinajstić information content (AvgIpc) is 3.42. The molecule has 0 amide bonds. The Morgan fingerprint density at radius 3 is 1.62 bits per heavy atom. The molecule has 0 aromatic heterocycles. The summed E-state index contributed by atoms with van der Waals surface area (Å²) in [7, 11) is 0. The van der Waals surface area contributed by atoms with Crippen LogP contribution in [0.1, 0.15) is 51.3 Å². The Labute approximate surface area is 298 Å². The lowest BCUT2D eigenvalue weighted by molar-refractivity contribution is 0.519. The van der Waals surface area contributed by atoms with E-state index in [1.807, 2.05) is 0 Å². The van der Waals surface area contributed by atoms with E-state index in [0.717, 1.165) is 22.7 Å². The Kier molecular flexibility index (Phi) is 8.54. The molecule has 1 aliphatic carbocycles. The minimum absolute atomic E-state index is 0.0388. The van der Waals surface area contributed by atoms with Gasteiger partial charge in [0.2, 0.25) is 0 Å². The number of hydrogen-bond acceptors (Lipinski definition) is 1. The Morgan fingerprint density at radius 1 is 0.580 bits per heavy atom. The van der Waals surface area contributed by atoms with Gasteiger partial charge in [-0.05, 0) is 111 Å². The second kappa shape index (κ2) is 13.0. The van der Waals surface area contributed by atoms with Crippen LogP contribution in [-0.4, -0.2) is 0 Å². The number of para-hydroxylation sites is 1. The van der Waals surface area contributed by atoms with E-state index in [9.17, 15) is 0 Å². The van der Waals surface area contributed by atoms with Crippen LogP contribution in [0.2, 0.25) is 0 Å². The van der Waals surface area contributed by atoms with Gasteiger partial charge in [0.25, 0.3) is 0 Å². The third kappa shape index (κ3) is 5.35. The number of anilines is 1. The van der Waals surface area contributed by atoms with Crippen molar-refractivity contribution < 1.29 is 0 Å². The van der Waals surface area contributed by atoms with E-state index >= 15 is 0 Å². The fraction of sp³-hybridized carbons (Fsp3) is 0.143. The summed E-state index contributed by atoms with van der Waals surface area (Å²) >= 11 is 0. The zero-order chi connectivity index (χ0) is 35.0. The molecule has 1 nitrogen and oxygen atoms in total. The Hall–Kier alpha value is -5.66. The highest BCUT2D eigenvalue weighted by molar-refractivity contribution is 5.94. The van der Waals surface area contributed by atoms with Crippen LogP contribution in [0.4, 0.5) is 5.69 Å². The van der Waals surface area contributed by atoms with Crippen molar-refractivity contribution in [2.75, 3.05) is 4.90 Å². The van der Waals surface area contributed by atoms with E-state index in [1.54, 1.807) is 0 Å². The molecule has 1 spiro atoms. The number of benzene rings is 5. The largest absolute Gasteiger partial charge is 0.310 e. The number of allylic oxidation sites excluding steroid dienone is 8. The molecule has 5 aromatic rings. The minimum Gasteiger partial charge on any atom is -0.310 e. The van der Waals surface area contributed by atoms with Crippen molar-refractivity contribution in [3.05, 3.63) is 210 Å². The molecular formula is C49H45N. The van der Waals surface area contributed by atoms with Crippen LogP contribution in [0.15, 0.2) is 193 Å². The van der Waals surface area contributed by atoms with Gasteiger partial charge in [-0.25, -0.2) is 0 Å². The number of rotatable bonds is 7. The molecule has 0 bridgehead atoms. The molecule has 1 heteroatoms. The molecule has 5 aromatic carbocycles. The SMILES string of the molecule is C=C(/C=C\C(=C)C(C)(C)C)N1C(/C=C\C)=C(/C=C/C)C2(c3cc(-c4ccccc4)ccc3-c3ccc(-c4ccccc4)cc32)c2ccccc21. The van der Waals surface area contributed by atoms with E-state index in [4.69, 9.17) is 0 Å². The number of fused-ring (bicyclic) bond motifs is 7. The second-order valence-electron chi connectivity index (χ2n) is 14.3. The monoisotopic (exact) mass is 647 g/mol. The van der Waals surface area contributed by atoms with Crippen molar-refractivity contribution in [1.82, 2.24) is 0 Å². The molecule has 50 heavy (non-hydrogen) atoms. The summed E-state index contributed by atoms with van der Waals surface area (Å²) in [4.78, 5) is 2.34. The molecule has 246 valence electrons. The van der Waals surface area contributed by atoms with E-state index < -0.39 is 5.41 Å². The first-order chi connectivity index (χ1) is 24.2. The van der Waals surface area contributed by atoms with Crippen LogP contribution in [-0.2, 0) is 5.41 Å². The zero-order valence-corrected chi connectivity index (χ0v) is 29.9. The maximum absolute atomic E-state index is 4.68. The van der Waals surface area contributed by atoms with Crippen molar-refractivity contribution in [2.45, 2.75) is 40.0 Å². The van der Waals surface area contributed by atoms with Gasteiger partial charge in [0, 0.05) is 5.70 Å². The Balaban J connectivity index is 1.59. The molecule has 0 radical (unpaired) electrons. The fourth-order valence-corrected chi connectivity index (χ4v) is 7.63. The molecule has 0 fully saturated rings. The van der Waals surface area contributed by atoms with Crippen LogP contribution in [0.3, 0.4) is 0 Å². The summed E-state index contributed by atoms with van der Waals surface area (Å²) in [6.07, 6.45) is 13.2. The first kappa shape index (κ1) is 32.9. The van der Waals surface area contributed by atoms with Gasteiger partial charge in [-0.2, -0.15) is 0 Å². The zero-order valence-electron chi connectivity index (χ0n) is 29.9. The predicted octanol–water partition coefficient (Wildman–Crippen LogP) is 13.2. The molecule has 0 saturated carbocycles. The summed E-state index contributed by atoms with van der Waals surface area (Å²) in [6.45, 7) is 19.9. The highest BCUT2D eigenvalue weighted by Gasteiger charge is 2.52. The third-order valence-electron chi connectivity index (χ3n) is 10.2. The first-order valence-electron chi connectivity index (χ1n) is 17.6. The number of hydrogen-bond donors (Lipinski definition) is 0. The standard InChI is InChI=1S/C49H45N/c1-8-18-42-46(19-9-2)50(35(4)27-26-34(3)48(5,6)7)47-25-17-16-24-43(47)49(42)44-32-38(36-20-12-10-13-21-36)28-30-40(44)41-31-29-39(33-45(41)49)37-22-14-11-15-23-37/h8-33H,3-4H2,1-2,5-7H3/b18-8+,19-9-,27-26-. The topological polar surface area (TPSA) is 3.24 Å². The van der Waals surface area contributed by atoms with E-state index in [-0.39, 0.29) is 5.41 Å². The van der Waals surface area contributed by atoms with Gasteiger partial charge in [-0.15, -0.1) is 0 Å². The van der Waals surface area contributed by atoms with Gasteiger partial charge in [-0.3, -0.25) is 0 Å². The van der Waals surface area contributed by atoms with Crippen molar-refractivity contribution in [1.29, 1.82) is 0 Å². The number of nitrogens with zero attached hydrogens (tertiary/aromatic N) is 1. The molecular weight excluding hydrogens is 603 g/mol. The lowest BCUT2D eigenvalue weighted by atomic mass is 9.63. The third-order valence-corrected chi connectivity index (χ3v) is 10.2. The summed E-state index contributed by atoms with van der Waals surface area (Å²) in [5, 5.41) is 0. The first-order valence-corrected chi connectivity index (χ1v) is 17.6. The quantitative estimate of drug-likeness (QED) is 0.159. The predicted molar refractivity (Wildman–Crippen MR) is 215 cm³/mol. The van der Waals surface area contributed by atoms with Gasteiger partial charge in [0.15, 0.2) is 0 Å². The summed E-state index contributed by atoms with van der Waals surface area (Å²) in [5.41, 5.74) is 16.0. The smallest absolute Gasteiger partial charge is 0.0754 e.